The van der Waals surface area contributed by atoms with Gasteiger partial charge < -0.3 is 5.32 Å². The minimum atomic E-state index is 0.0492. The van der Waals surface area contributed by atoms with E-state index in [-0.39, 0.29) is 5.91 Å². The largest absolute Gasteiger partial charge is 0.352 e. The Labute approximate surface area is 111 Å². The Morgan fingerprint density at radius 3 is 2.28 bits per heavy atom. The molecule has 1 rings (SSSR count). The van der Waals surface area contributed by atoms with Crippen molar-refractivity contribution in [3.63, 3.8) is 0 Å². The lowest BCUT2D eigenvalue weighted by Crippen LogP contribution is -2.24. The van der Waals surface area contributed by atoms with Gasteiger partial charge in [-0.1, -0.05) is 51.7 Å². The second-order valence-corrected chi connectivity index (χ2v) is 4.72. The molecule has 0 atom stereocenters. The molecule has 0 spiro atoms. The molecule has 1 aromatic carbocycles. The Kier molecular flexibility index (Phi) is 7.16. The van der Waals surface area contributed by atoms with Gasteiger partial charge in [0.2, 0.25) is 0 Å². The molecule has 0 bridgehead atoms. The topological polar surface area (TPSA) is 29.1 Å². The van der Waals surface area contributed by atoms with E-state index in [1.54, 1.807) is 0 Å². The van der Waals surface area contributed by atoms with Crippen LogP contribution in [0.4, 0.5) is 0 Å². The van der Waals surface area contributed by atoms with Gasteiger partial charge in [0, 0.05) is 12.1 Å². The number of rotatable bonds is 8. The van der Waals surface area contributed by atoms with Gasteiger partial charge in [0.05, 0.1) is 0 Å². The summed E-state index contributed by atoms with van der Waals surface area (Å²) in [6.07, 6.45) is 7.14. The number of carbonyl (C=O) groups is 1. The predicted molar refractivity (Wildman–Crippen MR) is 76.9 cm³/mol. The van der Waals surface area contributed by atoms with Gasteiger partial charge in [-0.25, -0.2) is 0 Å². The third-order valence-corrected chi connectivity index (χ3v) is 3.19. The minimum Gasteiger partial charge on any atom is -0.352 e. The van der Waals surface area contributed by atoms with Crippen LogP contribution in [0, 0.1) is 0 Å². The fourth-order valence-corrected chi connectivity index (χ4v) is 1.92. The predicted octanol–water partition coefficient (Wildman–Crippen LogP) is 3.95. The molecule has 2 nitrogen and oxygen atoms in total. The second kappa shape index (κ2) is 8.73. The van der Waals surface area contributed by atoms with Crippen molar-refractivity contribution in [3.05, 3.63) is 35.4 Å². The quantitative estimate of drug-likeness (QED) is 0.692. The Balaban J connectivity index is 2.23. The van der Waals surface area contributed by atoms with E-state index in [0.717, 1.165) is 24.9 Å². The fraction of sp³-hybridized carbons (Fsp3) is 0.562. The molecule has 0 aliphatic carbocycles. The van der Waals surface area contributed by atoms with Crippen LogP contribution < -0.4 is 5.32 Å². The summed E-state index contributed by atoms with van der Waals surface area (Å²) in [6, 6.07) is 7.86. The van der Waals surface area contributed by atoms with Crippen molar-refractivity contribution in [2.75, 3.05) is 6.54 Å². The number of aryl methyl sites for hydroxylation is 1. The maximum Gasteiger partial charge on any atom is 0.251 e. The molecule has 18 heavy (non-hydrogen) atoms. The number of hydrogen-bond acceptors (Lipinski definition) is 1. The van der Waals surface area contributed by atoms with E-state index in [4.69, 9.17) is 0 Å². The fourth-order valence-electron chi connectivity index (χ4n) is 1.92. The van der Waals surface area contributed by atoms with Crippen LogP contribution in [0.15, 0.2) is 24.3 Å². The SMILES string of the molecule is CCCCCCCNC(=O)c1ccc(CC)cc1. The van der Waals surface area contributed by atoms with E-state index in [0.29, 0.717) is 0 Å². The molecule has 1 amide bonds. The molecule has 0 aromatic heterocycles. The Bertz CT molecular complexity index is 343. The standard InChI is InChI=1S/C16H25NO/c1-3-5-6-7-8-13-17-16(18)15-11-9-14(4-2)10-12-15/h9-12H,3-8,13H2,1-2H3,(H,17,18). The highest BCUT2D eigenvalue weighted by Gasteiger charge is 2.03. The summed E-state index contributed by atoms with van der Waals surface area (Å²) in [7, 11) is 0. The first kappa shape index (κ1) is 14.7. The first-order valence-electron chi connectivity index (χ1n) is 7.15. The molecule has 0 radical (unpaired) electrons. The monoisotopic (exact) mass is 247 g/mol. The molecule has 0 unspecified atom stereocenters. The van der Waals surface area contributed by atoms with E-state index in [9.17, 15) is 4.79 Å². The number of amides is 1. The maximum absolute atomic E-state index is 11.8. The summed E-state index contributed by atoms with van der Waals surface area (Å²) in [5.41, 5.74) is 2.03. The van der Waals surface area contributed by atoms with Gasteiger partial charge in [0.15, 0.2) is 0 Å². The number of hydrogen-bond donors (Lipinski definition) is 1. The minimum absolute atomic E-state index is 0.0492. The van der Waals surface area contributed by atoms with Crippen LogP contribution in [-0.2, 0) is 6.42 Å². The summed E-state index contributed by atoms with van der Waals surface area (Å²) >= 11 is 0. The van der Waals surface area contributed by atoms with E-state index in [2.05, 4.69) is 19.2 Å². The smallest absolute Gasteiger partial charge is 0.251 e. The van der Waals surface area contributed by atoms with Gasteiger partial charge >= 0.3 is 0 Å². The van der Waals surface area contributed by atoms with Crippen molar-refractivity contribution >= 4 is 5.91 Å². The summed E-state index contributed by atoms with van der Waals surface area (Å²) in [4.78, 5) is 11.8. The Morgan fingerprint density at radius 1 is 1.00 bits per heavy atom. The lowest BCUT2D eigenvalue weighted by molar-refractivity contribution is 0.0953. The van der Waals surface area contributed by atoms with Crippen molar-refractivity contribution in [1.29, 1.82) is 0 Å². The van der Waals surface area contributed by atoms with Crippen LogP contribution in [0.3, 0.4) is 0 Å². The molecule has 2 heteroatoms. The summed E-state index contributed by atoms with van der Waals surface area (Å²) in [5.74, 6) is 0.0492. The van der Waals surface area contributed by atoms with Gasteiger partial charge in [-0.3, -0.25) is 4.79 Å². The molecule has 0 saturated carbocycles. The van der Waals surface area contributed by atoms with E-state index in [1.807, 2.05) is 24.3 Å². The highest BCUT2D eigenvalue weighted by Crippen LogP contribution is 2.05. The van der Waals surface area contributed by atoms with Gasteiger partial charge in [0.25, 0.3) is 5.91 Å². The summed E-state index contributed by atoms with van der Waals surface area (Å²) in [5, 5.41) is 2.97. The summed E-state index contributed by atoms with van der Waals surface area (Å²) < 4.78 is 0. The van der Waals surface area contributed by atoms with E-state index < -0.39 is 0 Å². The zero-order chi connectivity index (χ0) is 13.2. The van der Waals surface area contributed by atoms with Crippen LogP contribution in [0.2, 0.25) is 0 Å². The van der Waals surface area contributed by atoms with Crippen molar-refractivity contribution in [2.24, 2.45) is 0 Å². The van der Waals surface area contributed by atoms with Crippen LogP contribution in [0.5, 0.6) is 0 Å². The van der Waals surface area contributed by atoms with Crippen molar-refractivity contribution in [3.8, 4) is 0 Å². The highest BCUT2D eigenvalue weighted by molar-refractivity contribution is 5.94. The zero-order valence-corrected chi connectivity index (χ0v) is 11.7. The lowest BCUT2D eigenvalue weighted by Gasteiger charge is -2.05. The summed E-state index contributed by atoms with van der Waals surface area (Å²) in [6.45, 7) is 5.12. The second-order valence-electron chi connectivity index (χ2n) is 4.72. The van der Waals surface area contributed by atoms with Crippen LogP contribution in [-0.4, -0.2) is 12.5 Å². The normalized spacial score (nSPS) is 10.3. The van der Waals surface area contributed by atoms with Gasteiger partial charge in [0.1, 0.15) is 0 Å². The van der Waals surface area contributed by atoms with Crippen molar-refractivity contribution < 1.29 is 4.79 Å². The average Bonchev–Trinajstić information content (AvgIpc) is 2.42. The lowest BCUT2D eigenvalue weighted by atomic mass is 10.1. The molecule has 1 N–H and O–H groups in total. The molecule has 0 saturated heterocycles. The molecule has 1 aromatic rings. The molecular formula is C16H25NO. The zero-order valence-electron chi connectivity index (χ0n) is 11.7. The van der Waals surface area contributed by atoms with Crippen LogP contribution in [0.25, 0.3) is 0 Å². The maximum atomic E-state index is 11.8. The van der Waals surface area contributed by atoms with Crippen molar-refractivity contribution in [1.82, 2.24) is 5.32 Å². The van der Waals surface area contributed by atoms with E-state index >= 15 is 0 Å². The van der Waals surface area contributed by atoms with Gasteiger partial charge in [-0.2, -0.15) is 0 Å². The number of nitrogens with one attached hydrogen (secondary N) is 1. The highest BCUT2D eigenvalue weighted by atomic mass is 16.1. The van der Waals surface area contributed by atoms with Gasteiger partial charge in [-0.05, 0) is 30.5 Å². The molecule has 0 heterocycles. The van der Waals surface area contributed by atoms with Crippen LogP contribution >= 0.6 is 0 Å². The molecular weight excluding hydrogens is 222 g/mol. The molecule has 100 valence electrons. The molecule has 0 fully saturated rings. The third-order valence-electron chi connectivity index (χ3n) is 3.19. The van der Waals surface area contributed by atoms with Crippen molar-refractivity contribution in [2.45, 2.75) is 52.4 Å². The number of benzene rings is 1. The van der Waals surface area contributed by atoms with Gasteiger partial charge in [-0.15, -0.1) is 0 Å². The molecule has 0 aliphatic rings. The Morgan fingerprint density at radius 2 is 1.67 bits per heavy atom. The van der Waals surface area contributed by atoms with E-state index in [1.165, 1.54) is 31.2 Å². The third kappa shape index (κ3) is 5.35. The average molecular weight is 247 g/mol. The number of carbonyl (C=O) groups excluding carboxylic acids is 1. The number of unbranched alkanes of at least 4 members (excludes halogenated alkanes) is 4. The molecule has 0 aliphatic heterocycles. The van der Waals surface area contributed by atoms with Crippen LogP contribution in [0.1, 0.15) is 61.9 Å². The first-order valence-corrected chi connectivity index (χ1v) is 7.15. The first-order chi connectivity index (χ1) is 8.77. The Hall–Kier alpha value is -1.31.